The molecule has 0 amide bonds. The highest BCUT2D eigenvalue weighted by Gasteiger charge is 2.23. The number of rotatable bonds is 6. The molecular formula is C30H29Cl2NO4S. The van der Waals surface area contributed by atoms with Crippen LogP contribution in [0.4, 0.5) is 0 Å². The van der Waals surface area contributed by atoms with Gasteiger partial charge in [-0.1, -0.05) is 59.6 Å². The molecule has 0 radical (unpaired) electrons. The fraction of sp³-hybridized carbons (Fsp3) is 0.200. The average Bonchev–Trinajstić information content (AvgIpc) is 2.82. The first-order valence-corrected chi connectivity index (χ1v) is 14.2. The first-order valence-electron chi connectivity index (χ1n) is 11.9. The Morgan fingerprint density at radius 3 is 1.53 bits per heavy atom. The Bertz CT molecular complexity index is 1620. The molecule has 0 aliphatic rings. The minimum absolute atomic E-state index is 0.0236. The zero-order chi connectivity index (χ0) is 28.0. The molecule has 0 fully saturated rings. The normalized spacial score (nSPS) is 12.6. The van der Waals surface area contributed by atoms with Crippen molar-refractivity contribution in [3.8, 4) is 33.4 Å². The van der Waals surface area contributed by atoms with Gasteiger partial charge in [-0.2, -0.15) is 0 Å². The molecule has 0 saturated heterocycles. The lowest BCUT2D eigenvalue weighted by Gasteiger charge is -2.22. The van der Waals surface area contributed by atoms with Gasteiger partial charge in [-0.15, -0.1) is 0 Å². The summed E-state index contributed by atoms with van der Waals surface area (Å²) in [5.41, 5.74) is 3.92. The van der Waals surface area contributed by atoms with Gasteiger partial charge in [-0.3, -0.25) is 0 Å². The molecule has 0 atom stereocenters. The van der Waals surface area contributed by atoms with E-state index in [1.165, 1.54) is 12.1 Å². The lowest BCUT2D eigenvalue weighted by atomic mass is 9.87. The van der Waals surface area contributed by atoms with E-state index >= 15 is 0 Å². The largest absolute Gasteiger partial charge is 0.386 e. The Labute approximate surface area is 233 Å². The Balaban J connectivity index is 1.96. The number of hydrogen-bond donors (Lipinski definition) is 3. The molecule has 8 heteroatoms. The van der Waals surface area contributed by atoms with Crippen LogP contribution in [-0.4, -0.2) is 18.6 Å². The van der Waals surface area contributed by atoms with E-state index in [-0.39, 0.29) is 4.90 Å². The molecule has 0 aliphatic carbocycles. The summed E-state index contributed by atoms with van der Waals surface area (Å²) in [6.45, 7) is 6.72. The molecule has 5 nitrogen and oxygen atoms in total. The third kappa shape index (κ3) is 5.96. The number of benzene rings is 4. The third-order valence-electron chi connectivity index (χ3n) is 6.41. The molecule has 0 heterocycles. The Kier molecular flexibility index (Phi) is 7.53. The van der Waals surface area contributed by atoms with Crippen molar-refractivity contribution in [3.63, 3.8) is 0 Å². The maximum Gasteiger partial charge on any atom is 0.238 e. The van der Waals surface area contributed by atoms with Crippen molar-refractivity contribution in [2.24, 2.45) is 5.14 Å². The molecule has 4 N–H and O–H groups in total. The summed E-state index contributed by atoms with van der Waals surface area (Å²) < 4.78 is 23.5. The van der Waals surface area contributed by atoms with Gasteiger partial charge in [0.2, 0.25) is 10.0 Å². The quantitative estimate of drug-likeness (QED) is 0.230. The molecule has 0 saturated carbocycles. The summed E-state index contributed by atoms with van der Waals surface area (Å²) in [4.78, 5) is 0.0236. The van der Waals surface area contributed by atoms with Crippen LogP contribution in [0.1, 0.15) is 38.8 Å². The second kappa shape index (κ2) is 10.1. The van der Waals surface area contributed by atoms with Gasteiger partial charge < -0.3 is 10.2 Å². The molecule has 0 spiro atoms. The standard InChI is InChI=1S/C30H29Cl2NO4S/c1-29(2,34)25-16-20(8-13-27(25)31)19-7-12-23(18-5-10-22(11-6-18)38(33,36)37)24(15-19)21-9-14-28(32)26(17-21)30(3,4)35/h5-17,34-35H,1-4H3,(H2,33,36,37). The Morgan fingerprint density at radius 1 is 0.605 bits per heavy atom. The average molecular weight is 571 g/mol. The lowest BCUT2D eigenvalue weighted by molar-refractivity contribution is 0.0782. The van der Waals surface area contributed by atoms with Crippen LogP contribution in [0.25, 0.3) is 33.4 Å². The number of sulfonamides is 1. The Morgan fingerprint density at radius 2 is 1.03 bits per heavy atom. The predicted octanol–water partition coefficient (Wildman–Crippen LogP) is 7.10. The summed E-state index contributed by atoms with van der Waals surface area (Å²) >= 11 is 12.8. The fourth-order valence-electron chi connectivity index (χ4n) is 4.37. The van der Waals surface area contributed by atoms with E-state index in [1.807, 2.05) is 42.5 Å². The first-order chi connectivity index (χ1) is 17.6. The van der Waals surface area contributed by atoms with E-state index in [0.29, 0.717) is 21.2 Å². The zero-order valence-electron chi connectivity index (χ0n) is 21.5. The second-order valence-corrected chi connectivity index (χ2v) is 12.7. The molecule has 0 unspecified atom stereocenters. The Hall–Kier alpha value is -2.71. The van der Waals surface area contributed by atoms with Crippen LogP contribution in [0.2, 0.25) is 10.0 Å². The van der Waals surface area contributed by atoms with Gasteiger partial charge >= 0.3 is 0 Å². The van der Waals surface area contributed by atoms with Crippen LogP contribution in [0.15, 0.2) is 83.8 Å². The number of halogens is 2. The van der Waals surface area contributed by atoms with Crippen LogP contribution in [0, 0.1) is 0 Å². The highest BCUT2D eigenvalue weighted by molar-refractivity contribution is 7.89. The molecule has 4 aromatic carbocycles. The van der Waals surface area contributed by atoms with Crippen molar-refractivity contribution in [2.75, 3.05) is 0 Å². The van der Waals surface area contributed by atoms with Gasteiger partial charge in [0, 0.05) is 21.2 Å². The summed E-state index contributed by atoms with van der Waals surface area (Å²) in [5.74, 6) is 0. The molecule has 0 aromatic heterocycles. The first kappa shape index (κ1) is 28.3. The summed E-state index contributed by atoms with van der Waals surface area (Å²) in [5, 5.41) is 27.5. The van der Waals surface area contributed by atoms with E-state index in [1.54, 1.807) is 52.0 Å². The number of aliphatic hydroxyl groups is 2. The monoisotopic (exact) mass is 569 g/mol. The van der Waals surface area contributed by atoms with E-state index < -0.39 is 21.2 Å². The molecule has 198 valence electrons. The van der Waals surface area contributed by atoms with Crippen LogP contribution >= 0.6 is 23.2 Å². The van der Waals surface area contributed by atoms with E-state index in [0.717, 1.165) is 33.4 Å². The van der Waals surface area contributed by atoms with Crippen molar-refractivity contribution < 1.29 is 18.6 Å². The summed E-state index contributed by atoms with van der Waals surface area (Å²) in [6, 6.07) is 23.3. The topological polar surface area (TPSA) is 101 Å². The van der Waals surface area contributed by atoms with Gasteiger partial charge in [-0.05, 0) is 104 Å². The van der Waals surface area contributed by atoms with Gasteiger partial charge in [0.25, 0.3) is 0 Å². The number of primary sulfonamides is 1. The molecule has 4 rings (SSSR count). The number of nitrogens with two attached hydrogens (primary N) is 1. The lowest BCUT2D eigenvalue weighted by Crippen LogP contribution is -2.16. The summed E-state index contributed by atoms with van der Waals surface area (Å²) in [7, 11) is -3.83. The summed E-state index contributed by atoms with van der Waals surface area (Å²) in [6.07, 6.45) is 0. The van der Waals surface area contributed by atoms with E-state index in [4.69, 9.17) is 28.3 Å². The highest BCUT2D eigenvalue weighted by atomic mass is 35.5. The van der Waals surface area contributed by atoms with Crippen LogP contribution in [-0.2, 0) is 21.2 Å². The predicted molar refractivity (Wildman–Crippen MR) is 155 cm³/mol. The maximum absolute atomic E-state index is 11.8. The van der Waals surface area contributed by atoms with Crippen molar-refractivity contribution in [1.29, 1.82) is 0 Å². The fourth-order valence-corrected chi connectivity index (χ4v) is 5.59. The van der Waals surface area contributed by atoms with Gasteiger partial charge in [-0.25, -0.2) is 13.6 Å². The molecular weight excluding hydrogens is 541 g/mol. The van der Waals surface area contributed by atoms with Crippen LogP contribution in [0.5, 0.6) is 0 Å². The zero-order valence-corrected chi connectivity index (χ0v) is 23.8. The minimum Gasteiger partial charge on any atom is -0.386 e. The molecule has 0 aliphatic heterocycles. The van der Waals surface area contributed by atoms with Crippen molar-refractivity contribution in [3.05, 3.63) is 100 Å². The van der Waals surface area contributed by atoms with Gasteiger partial charge in [0.05, 0.1) is 16.1 Å². The molecule has 38 heavy (non-hydrogen) atoms. The van der Waals surface area contributed by atoms with Gasteiger partial charge in [0.1, 0.15) is 0 Å². The van der Waals surface area contributed by atoms with Gasteiger partial charge in [0.15, 0.2) is 0 Å². The van der Waals surface area contributed by atoms with Crippen molar-refractivity contribution in [1.82, 2.24) is 0 Å². The maximum atomic E-state index is 11.8. The van der Waals surface area contributed by atoms with E-state index in [9.17, 15) is 18.6 Å². The van der Waals surface area contributed by atoms with Crippen LogP contribution in [0.3, 0.4) is 0 Å². The minimum atomic E-state index is -3.83. The number of hydrogen-bond acceptors (Lipinski definition) is 4. The molecule has 0 bridgehead atoms. The smallest absolute Gasteiger partial charge is 0.238 e. The van der Waals surface area contributed by atoms with Crippen LogP contribution < -0.4 is 5.14 Å². The van der Waals surface area contributed by atoms with E-state index in [2.05, 4.69) is 0 Å². The molecule has 4 aromatic rings. The van der Waals surface area contributed by atoms with Crippen molar-refractivity contribution >= 4 is 33.2 Å². The van der Waals surface area contributed by atoms with Crippen molar-refractivity contribution in [2.45, 2.75) is 43.8 Å². The SMILES string of the molecule is CC(C)(O)c1cc(-c2ccc(-c3ccc(S(N)(=O)=O)cc3)c(-c3ccc(Cl)c(C(C)(C)O)c3)c2)ccc1Cl. The third-order valence-corrected chi connectivity index (χ3v) is 8.00. The second-order valence-electron chi connectivity index (χ2n) is 10.3. The highest BCUT2D eigenvalue weighted by Crippen LogP contribution is 2.40.